The van der Waals surface area contributed by atoms with E-state index in [1.165, 1.54) is 0 Å². The highest BCUT2D eigenvalue weighted by molar-refractivity contribution is 6.33. The Bertz CT molecular complexity index is 455. The minimum atomic E-state index is -0.318. The normalized spacial score (nSPS) is 15.0. The van der Waals surface area contributed by atoms with Crippen molar-refractivity contribution in [2.24, 2.45) is 0 Å². The van der Waals surface area contributed by atoms with E-state index in [0.29, 0.717) is 12.2 Å². The molecule has 1 aliphatic heterocycles. The molecule has 1 fully saturated rings. The molecule has 0 aliphatic carbocycles. The van der Waals surface area contributed by atoms with Crippen LogP contribution in [0.1, 0.15) is 20.8 Å². The first-order chi connectivity index (χ1) is 9.83. The first kappa shape index (κ1) is 17.6. The molecule has 0 bridgehead atoms. The van der Waals surface area contributed by atoms with E-state index in [2.05, 4.69) is 15.0 Å². The number of benzene rings is 1. The van der Waals surface area contributed by atoms with Gasteiger partial charge >= 0.3 is 0 Å². The first-order valence-corrected chi connectivity index (χ1v) is 7.33. The predicted molar refractivity (Wildman–Crippen MR) is 87.8 cm³/mol. The Morgan fingerprint density at radius 3 is 2.38 bits per heavy atom. The van der Waals surface area contributed by atoms with Gasteiger partial charge in [0.1, 0.15) is 5.60 Å². The lowest BCUT2D eigenvalue weighted by Gasteiger charge is -2.30. The number of nitrogens with zero attached hydrogens (tertiary/aromatic N) is 1. The number of piperazine rings is 1. The molecule has 1 aliphatic rings. The van der Waals surface area contributed by atoms with Gasteiger partial charge in [0.2, 0.25) is 0 Å². The molecule has 0 radical (unpaired) electrons. The van der Waals surface area contributed by atoms with Crippen LogP contribution in [-0.4, -0.2) is 38.3 Å². The summed E-state index contributed by atoms with van der Waals surface area (Å²) >= 11 is 6.12. The van der Waals surface area contributed by atoms with Crippen LogP contribution in [0.3, 0.4) is 0 Å². The van der Waals surface area contributed by atoms with Crippen LogP contribution in [0.5, 0.6) is 0 Å². The summed E-state index contributed by atoms with van der Waals surface area (Å²) in [7, 11) is 0. The van der Waals surface area contributed by atoms with E-state index in [9.17, 15) is 4.79 Å². The molecule has 3 N–H and O–H groups in total. The highest BCUT2D eigenvalue weighted by atomic mass is 35.5. The molecule has 0 unspecified atom stereocenters. The molecular formula is C15H24ClN3O2. The molecule has 118 valence electrons. The minimum Gasteiger partial charge on any atom is -0.462 e. The number of hydrogen-bond donors (Lipinski definition) is 2. The second-order valence-electron chi connectivity index (χ2n) is 5.77. The maximum Gasteiger partial charge on any atom is 0.293 e. The summed E-state index contributed by atoms with van der Waals surface area (Å²) in [6.07, 6.45) is 0. The van der Waals surface area contributed by atoms with E-state index in [4.69, 9.17) is 17.3 Å². The third kappa shape index (κ3) is 6.69. The van der Waals surface area contributed by atoms with Crippen molar-refractivity contribution >= 4 is 29.4 Å². The number of hydrogen-bond acceptors (Lipinski definition) is 5. The van der Waals surface area contributed by atoms with Crippen molar-refractivity contribution in [1.29, 1.82) is 0 Å². The highest BCUT2D eigenvalue weighted by Crippen LogP contribution is 2.27. The van der Waals surface area contributed by atoms with Gasteiger partial charge in [0, 0.05) is 31.9 Å². The smallest absolute Gasteiger partial charge is 0.293 e. The van der Waals surface area contributed by atoms with Gasteiger partial charge in [-0.05, 0) is 39.0 Å². The molecule has 0 saturated carbocycles. The highest BCUT2D eigenvalue weighted by Gasteiger charge is 2.12. The summed E-state index contributed by atoms with van der Waals surface area (Å²) in [5.74, 6) is 0. The van der Waals surface area contributed by atoms with Gasteiger partial charge in [0.15, 0.2) is 0 Å². The number of nitrogens with one attached hydrogen (secondary N) is 1. The monoisotopic (exact) mass is 313 g/mol. The lowest BCUT2D eigenvalue weighted by Crippen LogP contribution is -2.43. The first-order valence-electron chi connectivity index (χ1n) is 6.95. The zero-order chi connectivity index (χ0) is 15.9. The fourth-order valence-electron chi connectivity index (χ4n) is 1.83. The van der Waals surface area contributed by atoms with E-state index in [0.717, 1.165) is 36.9 Å². The van der Waals surface area contributed by atoms with E-state index in [-0.39, 0.29) is 5.60 Å². The van der Waals surface area contributed by atoms with Crippen molar-refractivity contribution in [3.8, 4) is 0 Å². The number of nitrogens with two attached hydrogens (primary N) is 1. The number of carbonyl (C=O) groups excluding carboxylic acids is 1. The standard InChI is InChI=1S/C10H14ClN3.C5H10O2/c11-9-7-8(12)1-2-10(9)14-5-3-13-4-6-14;1-5(2,3)7-4-6/h1-2,7,13H,3-6,12H2;4H,1-3H3. The summed E-state index contributed by atoms with van der Waals surface area (Å²) in [4.78, 5) is 11.9. The number of rotatable bonds is 2. The van der Waals surface area contributed by atoms with Crippen LogP contribution in [0.2, 0.25) is 5.02 Å². The SMILES string of the molecule is CC(C)(C)OC=O.Nc1ccc(N2CCNCC2)c(Cl)c1. The number of anilines is 2. The van der Waals surface area contributed by atoms with Gasteiger partial charge in [-0.2, -0.15) is 0 Å². The van der Waals surface area contributed by atoms with Crippen molar-refractivity contribution in [2.75, 3.05) is 36.8 Å². The minimum absolute atomic E-state index is 0.318. The lowest BCUT2D eigenvalue weighted by molar-refractivity contribution is -0.138. The molecule has 1 aromatic carbocycles. The largest absolute Gasteiger partial charge is 0.462 e. The summed E-state index contributed by atoms with van der Waals surface area (Å²) in [5.41, 5.74) is 7.13. The van der Waals surface area contributed by atoms with Crippen molar-refractivity contribution in [1.82, 2.24) is 5.32 Å². The Morgan fingerprint density at radius 2 is 1.95 bits per heavy atom. The number of ether oxygens (including phenoxy) is 1. The Morgan fingerprint density at radius 1 is 1.33 bits per heavy atom. The number of halogens is 1. The van der Waals surface area contributed by atoms with Crippen molar-refractivity contribution in [2.45, 2.75) is 26.4 Å². The van der Waals surface area contributed by atoms with Gasteiger partial charge in [-0.3, -0.25) is 4.79 Å². The van der Waals surface area contributed by atoms with Crippen LogP contribution >= 0.6 is 11.6 Å². The fourth-order valence-corrected chi connectivity index (χ4v) is 2.14. The average molecular weight is 314 g/mol. The number of carbonyl (C=O) groups is 1. The van der Waals surface area contributed by atoms with Gasteiger partial charge in [-0.15, -0.1) is 0 Å². The Hall–Kier alpha value is -1.46. The molecule has 0 amide bonds. The van der Waals surface area contributed by atoms with Gasteiger partial charge < -0.3 is 20.7 Å². The van der Waals surface area contributed by atoms with Crippen molar-refractivity contribution in [3.63, 3.8) is 0 Å². The molecule has 0 aromatic heterocycles. The van der Waals surface area contributed by atoms with Crippen LogP contribution in [0.4, 0.5) is 11.4 Å². The molecule has 0 atom stereocenters. The van der Waals surface area contributed by atoms with E-state index >= 15 is 0 Å². The van der Waals surface area contributed by atoms with Crippen LogP contribution in [-0.2, 0) is 9.53 Å². The zero-order valence-corrected chi connectivity index (χ0v) is 13.6. The maximum absolute atomic E-state index is 9.60. The van der Waals surface area contributed by atoms with E-state index in [1.807, 2.05) is 32.9 Å². The van der Waals surface area contributed by atoms with Gasteiger partial charge in [0.05, 0.1) is 10.7 Å². The molecule has 21 heavy (non-hydrogen) atoms. The molecule has 0 spiro atoms. The molecule has 6 heteroatoms. The Labute approximate surface area is 131 Å². The van der Waals surface area contributed by atoms with E-state index < -0.39 is 0 Å². The summed E-state index contributed by atoms with van der Waals surface area (Å²) in [5, 5.41) is 4.05. The molecule has 1 saturated heterocycles. The zero-order valence-electron chi connectivity index (χ0n) is 12.9. The molecule has 5 nitrogen and oxygen atoms in total. The topological polar surface area (TPSA) is 67.6 Å². The lowest BCUT2D eigenvalue weighted by atomic mass is 10.2. The Kier molecular flexibility index (Phi) is 6.78. The van der Waals surface area contributed by atoms with Crippen molar-refractivity contribution in [3.05, 3.63) is 23.2 Å². The van der Waals surface area contributed by atoms with Gasteiger partial charge in [-0.25, -0.2) is 0 Å². The summed E-state index contributed by atoms with van der Waals surface area (Å²) < 4.78 is 4.55. The van der Waals surface area contributed by atoms with Crippen LogP contribution < -0.4 is 16.0 Å². The van der Waals surface area contributed by atoms with Crippen LogP contribution in [0.25, 0.3) is 0 Å². The summed E-state index contributed by atoms with van der Waals surface area (Å²) in [6.45, 7) is 9.96. The molecule has 2 rings (SSSR count). The number of nitrogen functional groups attached to an aromatic ring is 1. The fraction of sp³-hybridized carbons (Fsp3) is 0.533. The van der Waals surface area contributed by atoms with Gasteiger partial charge in [-0.1, -0.05) is 11.6 Å². The summed E-state index contributed by atoms with van der Waals surface area (Å²) in [6, 6.07) is 5.69. The van der Waals surface area contributed by atoms with Crippen LogP contribution in [0.15, 0.2) is 18.2 Å². The predicted octanol–water partition coefficient (Wildman–Crippen LogP) is 2.29. The van der Waals surface area contributed by atoms with Crippen molar-refractivity contribution < 1.29 is 9.53 Å². The maximum atomic E-state index is 9.60. The second kappa shape index (κ2) is 8.10. The third-order valence-corrected chi connectivity index (χ3v) is 3.13. The quantitative estimate of drug-likeness (QED) is 0.648. The van der Waals surface area contributed by atoms with Gasteiger partial charge in [0.25, 0.3) is 6.47 Å². The average Bonchev–Trinajstić information content (AvgIpc) is 2.39. The van der Waals surface area contributed by atoms with E-state index in [1.54, 1.807) is 6.07 Å². The van der Waals surface area contributed by atoms with Crippen LogP contribution in [0, 0.1) is 0 Å². The molecule has 1 aromatic rings. The molecule has 1 heterocycles. The third-order valence-electron chi connectivity index (χ3n) is 2.83. The molecular weight excluding hydrogens is 290 g/mol. The second-order valence-corrected chi connectivity index (χ2v) is 6.18. The Balaban J connectivity index is 0.000000270.